The van der Waals surface area contributed by atoms with Crippen molar-refractivity contribution in [3.05, 3.63) is 47.5 Å². The summed E-state index contributed by atoms with van der Waals surface area (Å²) >= 11 is 0. The molecule has 4 saturated carbocycles. The summed E-state index contributed by atoms with van der Waals surface area (Å²) in [7, 11) is 6.99. The molecule has 30 heavy (non-hydrogen) atoms. The Balaban J connectivity index is 1.66. The summed E-state index contributed by atoms with van der Waals surface area (Å²) in [5.41, 5.74) is 2.89. The quantitative estimate of drug-likeness (QED) is 0.631. The van der Waals surface area contributed by atoms with Crippen LogP contribution in [-0.2, 0) is 10.8 Å². The molecule has 6 rings (SSSR count). The topological polar surface area (TPSA) is 36.9 Å². The highest BCUT2D eigenvalue weighted by atomic mass is 16.5. The van der Waals surface area contributed by atoms with Gasteiger partial charge in [-0.2, -0.15) is 0 Å². The third-order valence-electron chi connectivity index (χ3n) is 8.01. The second kappa shape index (κ2) is 7.11. The van der Waals surface area contributed by atoms with Gasteiger partial charge in [-0.15, -0.1) is 0 Å². The van der Waals surface area contributed by atoms with E-state index in [9.17, 15) is 0 Å². The highest BCUT2D eigenvalue weighted by Gasteiger charge is 2.60. The molecule has 4 nitrogen and oxygen atoms in total. The molecule has 4 aliphatic carbocycles. The summed E-state index contributed by atoms with van der Waals surface area (Å²) in [5, 5.41) is 0. The van der Waals surface area contributed by atoms with Gasteiger partial charge in [0.25, 0.3) is 0 Å². The van der Waals surface area contributed by atoms with Gasteiger partial charge in [0, 0.05) is 22.0 Å². The Labute approximate surface area is 179 Å². The molecule has 4 aliphatic rings. The van der Waals surface area contributed by atoms with Gasteiger partial charge in [-0.1, -0.05) is 24.3 Å². The van der Waals surface area contributed by atoms with Crippen LogP contribution < -0.4 is 18.9 Å². The van der Waals surface area contributed by atoms with E-state index in [4.69, 9.17) is 18.9 Å². The van der Waals surface area contributed by atoms with Gasteiger partial charge >= 0.3 is 0 Å². The third kappa shape index (κ3) is 2.72. The number of benzene rings is 2. The minimum atomic E-state index is 0.123. The van der Waals surface area contributed by atoms with Gasteiger partial charge in [-0.3, -0.25) is 0 Å². The molecule has 0 heterocycles. The van der Waals surface area contributed by atoms with Crippen LogP contribution in [0.5, 0.6) is 23.0 Å². The molecule has 2 aromatic carbocycles. The molecule has 2 aromatic rings. The Morgan fingerprint density at radius 2 is 1.07 bits per heavy atom. The highest BCUT2D eigenvalue weighted by molar-refractivity contribution is 5.55. The van der Waals surface area contributed by atoms with E-state index in [0.717, 1.165) is 41.3 Å². The number of hydrogen-bond acceptors (Lipinski definition) is 4. The number of rotatable bonds is 6. The first-order valence-corrected chi connectivity index (χ1v) is 11.0. The van der Waals surface area contributed by atoms with E-state index in [2.05, 4.69) is 24.3 Å². The Bertz CT molecular complexity index is 863. The minimum Gasteiger partial charge on any atom is -0.493 e. The number of para-hydroxylation sites is 2. The van der Waals surface area contributed by atoms with Crippen molar-refractivity contribution in [2.75, 3.05) is 28.4 Å². The lowest BCUT2D eigenvalue weighted by atomic mass is 9.41. The average Bonchev–Trinajstić information content (AvgIpc) is 2.76. The Hall–Kier alpha value is -2.36. The zero-order valence-corrected chi connectivity index (χ0v) is 18.5. The molecule has 0 atom stereocenters. The predicted octanol–water partition coefficient (Wildman–Crippen LogP) is 5.51. The molecule has 0 unspecified atom stereocenters. The molecule has 0 radical (unpaired) electrons. The lowest BCUT2D eigenvalue weighted by molar-refractivity contribution is -0.0299. The molecule has 0 N–H and O–H groups in total. The maximum atomic E-state index is 5.91. The second-order valence-corrected chi connectivity index (χ2v) is 9.60. The van der Waals surface area contributed by atoms with Crippen LogP contribution in [0, 0.1) is 11.8 Å². The van der Waals surface area contributed by atoms with E-state index in [-0.39, 0.29) is 10.8 Å². The van der Waals surface area contributed by atoms with Crippen LogP contribution in [0.3, 0.4) is 0 Å². The molecule has 4 fully saturated rings. The van der Waals surface area contributed by atoms with Crippen molar-refractivity contribution < 1.29 is 18.9 Å². The van der Waals surface area contributed by atoms with Crippen molar-refractivity contribution in [1.29, 1.82) is 0 Å². The van der Waals surface area contributed by atoms with Gasteiger partial charge < -0.3 is 18.9 Å². The Kier molecular flexibility index (Phi) is 4.64. The second-order valence-electron chi connectivity index (χ2n) is 9.60. The zero-order chi connectivity index (χ0) is 20.9. The van der Waals surface area contributed by atoms with Crippen molar-refractivity contribution in [2.24, 2.45) is 11.8 Å². The predicted molar refractivity (Wildman–Crippen MR) is 117 cm³/mol. The van der Waals surface area contributed by atoms with Gasteiger partial charge in [0.05, 0.1) is 28.4 Å². The zero-order valence-electron chi connectivity index (χ0n) is 18.5. The van der Waals surface area contributed by atoms with E-state index in [1.807, 2.05) is 12.1 Å². The Morgan fingerprint density at radius 3 is 1.43 bits per heavy atom. The summed E-state index contributed by atoms with van der Waals surface area (Å²) in [6.45, 7) is 0. The van der Waals surface area contributed by atoms with E-state index in [1.165, 1.54) is 43.2 Å². The minimum absolute atomic E-state index is 0.123. The average molecular weight is 409 g/mol. The van der Waals surface area contributed by atoms with Crippen molar-refractivity contribution in [1.82, 2.24) is 0 Å². The van der Waals surface area contributed by atoms with Crippen molar-refractivity contribution >= 4 is 0 Å². The van der Waals surface area contributed by atoms with Crippen molar-refractivity contribution in [3.63, 3.8) is 0 Å². The van der Waals surface area contributed by atoms with E-state index in [1.54, 1.807) is 28.4 Å². The van der Waals surface area contributed by atoms with E-state index >= 15 is 0 Å². The third-order valence-corrected chi connectivity index (χ3v) is 8.01. The number of ether oxygens (including phenoxy) is 4. The van der Waals surface area contributed by atoms with Gasteiger partial charge in [-0.05, 0) is 62.5 Å². The summed E-state index contributed by atoms with van der Waals surface area (Å²) < 4.78 is 23.1. The van der Waals surface area contributed by atoms with Crippen LogP contribution in [0.25, 0.3) is 0 Å². The summed E-state index contributed by atoms with van der Waals surface area (Å²) in [6, 6.07) is 12.8. The summed E-state index contributed by atoms with van der Waals surface area (Å²) in [6.07, 6.45) is 7.42. The maximum Gasteiger partial charge on any atom is 0.164 e. The van der Waals surface area contributed by atoms with Gasteiger partial charge in [0.15, 0.2) is 23.0 Å². The highest BCUT2D eigenvalue weighted by Crippen LogP contribution is 2.68. The molecule has 160 valence electrons. The van der Waals surface area contributed by atoms with Crippen LogP contribution in [0.1, 0.15) is 49.7 Å². The molecule has 0 aromatic heterocycles. The van der Waals surface area contributed by atoms with Gasteiger partial charge in [0.2, 0.25) is 0 Å². The van der Waals surface area contributed by atoms with Crippen LogP contribution in [-0.4, -0.2) is 28.4 Å². The Morgan fingerprint density at radius 1 is 0.633 bits per heavy atom. The lowest BCUT2D eigenvalue weighted by Gasteiger charge is -2.62. The lowest BCUT2D eigenvalue weighted by Crippen LogP contribution is -2.56. The molecular weight excluding hydrogens is 376 g/mol. The fourth-order valence-corrected chi connectivity index (χ4v) is 7.50. The molecule has 4 heteroatoms. The van der Waals surface area contributed by atoms with Crippen LogP contribution >= 0.6 is 0 Å². The van der Waals surface area contributed by atoms with Crippen molar-refractivity contribution in [3.8, 4) is 23.0 Å². The molecule has 4 bridgehead atoms. The molecule has 0 saturated heterocycles. The normalized spacial score (nSPS) is 31.5. The van der Waals surface area contributed by atoms with Crippen LogP contribution in [0.15, 0.2) is 36.4 Å². The monoisotopic (exact) mass is 408 g/mol. The van der Waals surface area contributed by atoms with E-state index in [0.29, 0.717) is 0 Å². The van der Waals surface area contributed by atoms with Gasteiger partial charge in [-0.25, -0.2) is 0 Å². The molecule has 0 spiro atoms. The first-order valence-electron chi connectivity index (χ1n) is 11.0. The van der Waals surface area contributed by atoms with Gasteiger partial charge in [0.1, 0.15) is 0 Å². The first kappa shape index (κ1) is 19.6. The van der Waals surface area contributed by atoms with Crippen molar-refractivity contribution in [2.45, 2.75) is 49.4 Å². The fourth-order valence-electron chi connectivity index (χ4n) is 7.50. The standard InChI is InChI=1S/C26H32O4/c1-27-21-9-5-7-19(23(21)29-3)25-12-17-11-18(13-25)15-26(14-17,16-25)20-8-6-10-22(28-2)24(20)30-4/h5-10,17-18H,11-16H2,1-4H3. The molecular formula is C26H32O4. The smallest absolute Gasteiger partial charge is 0.164 e. The summed E-state index contributed by atoms with van der Waals surface area (Å²) in [5.74, 6) is 4.96. The maximum absolute atomic E-state index is 5.91. The molecule has 0 amide bonds. The van der Waals surface area contributed by atoms with E-state index < -0.39 is 0 Å². The SMILES string of the molecule is COc1cccc(C23CC4CC(C2)CC(c2cccc(OC)c2OC)(C4)C3)c1OC. The number of hydrogen-bond donors (Lipinski definition) is 0. The summed E-state index contributed by atoms with van der Waals surface area (Å²) in [4.78, 5) is 0. The van der Waals surface area contributed by atoms with Crippen LogP contribution in [0.4, 0.5) is 0 Å². The number of methoxy groups -OCH3 is 4. The van der Waals surface area contributed by atoms with Crippen LogP contribution in [0.2, 0.25) is 0 Å². The fraction of sp³-hybridized carbons (Fsp3) is 0.538. The molecule has 0 aliphatic heterocycles. The first-order chi connectivity index (χ1) is 14.6. The largest absolute Gasteiger partial charge is 0.493 e.